The van der Waals surface area contributed by atoms with E-state index < -0.39 is 24.5 Å². The molecule has 3 unspecified atom stereocenters. The van der Waals surface area contributed by atoms with E-state index in [0.717, 1.165) is 0 Å². The number of nitrogens with zero attached hydrogens (tertiary/aromatic N) is 2. The van der Waals surface area contributed by atoms with E-state index in [9.17, 15) is 10.2 Å². The summed E-state index contributed by atoms with van der Waals surface area (Å²) in [4.78, 5) is 3.85. The predicted octanol–water partition coefficient (Wildman–Crippen LogP) is -1.19. The summed E-state index contributed by atoms with van der Waals surface area (Å²) in [6.07, 6.45) is -2.53. The number of nitrogen functional groups attached to an aromatic ring is 1. The Morgan fingerprint density at radius 3 is 2.71 bits per heavy atom. The van der Waals surface area contributed by atoms with Crippen LogP contribution in [-0.4, -0.2) is 49.8 Å². The van der Waals surface area contributed by atoms with Crippen molar-refractivity contribution in [2.75, 3.05) is 12.3 Å². The summed E-state index contributed by atoms with van der Waals surface area (Å²) in [5, 5.41) is 28.4. The van der Waals surface area contributed by atoms with Gasteiger partial charge in [0.05, 0.1) is 6.61 Å². The average Bonchev–Trinajstić information content (AvgIpc) is 2.57. The number of hydrogen-bond donors (Lipinski definition) is 4. The fraction of sp³-hybridized carbons (Fsp3) is 0.556. The number of rotatable bonds is 2. The molecular weight excluding hydrogens is 246 g/mol. The number of aliphatic hydroxyl groups excluding tert-OH is 3. The Hall–Kier alpha value is -1.06. The number of aliphatic hydroxyl groups is 3. The molecule has 1 aliphatic heterocycles. The Kier molecular flexibility index (Phi) is 3.40. The number of hydrogen-bond acceptors (Lipinski definition) is 7. The maximum atomic E-state index is 9.79. The van der Waals surface area contributed by atoms with E-state index in [1.54, 1.807) is 0 Å². The first-order valence-corrected chi connectivity index (χ1v) is 5.42. The lowest BCUT2D eigenvalue weighted by Crippen LogP contribution is -2.33. The van der Waals surface area contributed by atoms with Crippen LogP contribution in [-0.2, 0) is 4.74 Å². The molecule has 0 aliphatic carbocycles. The molecule has 2 rings (SSSR count). The maximum Gasteiger partial charge on any atom is 0.203 e. The quantitative estimate of drug-likeness (QED) is 0.494. The van der Waals surface area contributed by atoms with Gasteiger partial charge in [-0.15, -0.1) is 0 Å². The van der Waals surface area contributed by atoms with Gasteiger partial charge < -0.3 is 25.8 Å². The van der Waals surface area contributed by atoms with Crippen LogP contribution in [0.25, 0.3) is 0 Å². The van der Waals surface area contributed by atoms with E-state index in [0.29, 0.717) is 0 Å². The zero-order valence-electron chi connectivity index (χ0n) is 8.80. The molecule has 1 aromatic heterocycles. The van der Waals surface area contributed by atoms with Crippen LogP contribution in [0.5, 0.6) is 0 Å². The van der Waals surface area contributed by atoms with Gasteiger partial charge in [-0.2, -0.15) is 0 Å². The first-order chi connectivity index (χ1) is 8.04. The SMILES string of the molecule is Nc1ccn(C2OC(CO)[C@H](O)C2O)c(=S)n1. The molecule has 0 saturated carbocycles. The Morgan fingerprint density at radius 1 is 1.47 bits per heavy atom. The molecule has 1 aliphatic rings. The third-order valence-electron chi connectivity index (χ3n) is 2.64. The molecule has 17 heavy (non-hydrogen) atoms. The summed E-state index contributed by atoms with van der Waals surface area (Å²) >= 11 is 4.98. The average molecular weight is 259 g/mol. The number of nitrogens with two attached hydrogens (primary N) is 1. The first kappa shape index (κ1) is 12.4. The molecule has 1 fully saturated rings. The van der Waals surface area contributed by atoms with Crippen LogP contribution in [0.15, 0.2) is 12.3 Å². The Balaban J connectivity index is 2.32. The molecular formula is C9H13N3O4S. The minimum atomic E-state index is -1.18. The van der Waals surface area contributed by atoms with Crippen molar-refractivity contribution in [2.24, 2.45) is 0 Å². The van der Waals surface area contributed by atoms with Crippen molar-refractivity contribution in [1.82, 2.24) is 9.55 Å². The number of aromatic nitrogens is 2. The monoisotopic (exact) mass is 259 g/mol. The van der Waals surface area contributed by atoms with Crippen molar-refractivity contribution in [3.63, 3.8) is 0 Å². The molecule has 0 spiro atoms. The second-order valence-corrected chi connectivity index (χ2v) is 4.14. The van der Waals surface area contributed by atoms with E-state index in [-0.39, 0.29) is 17.2 Å². The third-order valence-corrected chi connectivity index (χ3v) is 2.94. The summed E-state index contributed by atoms with van der Waals surface area (Å²) in [5.74, 6) is 0.262. The van der Waals surface area contributed by atoms with Gasteiger partial charge in [-0.1, -0.05) is 0 Å². The molecule has 4 atom stereocenters. The topological polar surface area (TPSA) is 114 Å². The highest BCUT2D eigenvalue weighted by molar-refractivity contribution is 7.71. The third kappa shape index (κ3) is 2.17. The Bertz CT molecular complexity index is 466. The lowest BCUT2D eigenvalue weighted by molar-refractivity contribution is -0.0540. The minimum Gasteiger partial charge on any atom is -0.394 e. The summed E-state index contributed by atoms with van der Waals surface area (Å²) in [7, 11) is 0. The van der Waals surface area contributed by atoms with E-state index in [4.69, 9.17) is 27.8 Å². The molecule has 8 heteroatoms. The molecule has 0 amide bonds. The fourth-order valence-electron chi connectivity index (χ4n) is 1.73. The van der Waals surface area contributed by atoms with Crippen LogP contribution < -0.4 is 5.73 Å². The zero-order chi connectivity index (χ0) is 12.6. The summed E-state index contributed by atoms with van der Waals surface area (Å²) in [6, 6.07) is 1.50. The highest BCUT2D eigenvalue weighted by Crippen LogP contribution is 2.29. The highest BCUT2D eigenvalue weighted by atomic mass is 32.1. The summed E-state index contributed by atoms with van der Waals surface area (Å²) < 4.78 is 6.83. The first-order valence-electron chi connectivity index (χ1n) is 5.01. The van der Waals surface area contributed by atoms with Gasteiger partial charge in [0, 0.05) is 6.20 Å². The lowest BCUT2D eigenvalue weighted by atomic mass is 10.1. The smallest absolute Gasteiger partial charge is 0.203 e. The lowest BCUT2D eigenvalue weighted by Gasteiger charge is -2.18. The van der Waals surface area contributed by atoms with Crippen LogP contribution in [0.2, 0.25) is 0 Å². The van der Waals surface area contributed by atoms with Crippen LogP contribution in [0.1, 0.15) is 6.23 Å². The van der Waals surface area contributed by atoms with Crippen molar-refractivity contribution in [3.05, 3.63) is 17.0 Å². The second kappa shape index (κ2) is 4.67. The Labute approximate surface area is 102 Å². The molecule has 0 bridgehead atoms. The van der Waals surface area contributed by atoms with Gasteiger partial charge in [0.1, 0.15) is 24.1 Å². The van der Waals surface area contributed by atoms with Crippen molar-refractivity contribution < 1.29 is 20.1 Å². The van der Waals surface area contributed by atoms with Crippen LogP contribution in [0, 0.1) is 4.77 Å². The van der Waals surface area contributed by atoms with E-state index in [1.165, 1.54) is 16.8 Å². The van der Waals surface area contributed by atoms with Gasteiger partial charge >= 0.3 is 0 Å². The summed E-state index contributed by atoms with van der Waals surface area (Å²) in [5.41, 5.74) is 5.46. The van der Waals surface area contributed by atoms with Crippen LogP contribution in [0.4, 0.5) is 5.82 Å². The van der Waals surface area contributed by atoms with E-state index >= 15 is 0 Å². The Morgan fingerprint density at radius 2 is 2.18 bits per heavy atom. The molecule has 1 aromatic rings. The van der Waals surface area contributed by atoms with Crippen LogP contribution in [0.3, 0.4) is 0 Å². The number of anilines is 1. The maximum absolute atomic E-state index is 9.79. The van der Waals surface area contributed by atoms with Gasteiger partial charge in [0.15, 0.2) is 6.23 Å². The molecule has 0 radical (unpaired) electrons. The summed E-state index contributed by atoms with van der Waals surface area (Å²) in [6.45, 7) is -0.384. The molecule has 94 valence electrons. The molecule has 0 aromatic carbocycles. The van der Waals surface area contributed by atoms with Crippen molar-refractivity contribution in [3.8, 4) is 0 Å². The highest BCUT2D eigenvalue weighted by Gasteiger charge is 2.43. The van der Waals surface area contributed by atoms with E-state index in [1.807, 2.05) is 0 Å². The zero-order valence-corrected chi connectivity index (χ0v) is 9.62. The second-order valence-electron chi connectivity index (χ2n) is 3.77. The van der Waals surface area contributed by atoms with Gasteiger partial charge in [-0.25, -0.2) is 4.98 Å². The predicted molar refractivity (Wildman–Crippen MR) is 60.5 cm³/mol. The van der Waals surface area contributed by atoms with Crippen LogP contribution >= 0.6 is 12.2 Å². The normalized spacial score (nSPS) is 32.9. The largest absolute Gasteiger partial charge is 0.394 e. The van der Waals surface area contributed by atoms with Gasteiger partial charge in [-0.05, 0) is 18.3 Å². The number of ether oxygens (including phenoxy) is 1. The van der Waals surface area contributed by atoms with Crippen molar-refractivity contribution in [2.45, 2.75) is 24.5 Å². The fourth-order valence-corrected chi connectivity index (χ4v) is 2.00. The molecule has 2 heterocycles. The molecule has 7 nitrogen and oxygen atoms in total. The molecule has 1 saturated heterocycles. The van der Waals surface area contributed by atoms with E-state index in [2.05, 4.69) is 4.98 Å². The van der Waals surface area contributed by atoms with Crippen molar-refractivity contribution in [1.29, 1.82) is 0 Å². The van der Waals surface area contributed by atoms with Gasteiger partial charge in [0.2, 0.25) is 4.77 Å². The van der Waals surface area contributed by atoms with Crippen molar-refractivity contribution >= 4 is 18.0 Å². The molecule has 5 N–H and O–H groups in total. The van der Waals surface area contributed by atoms with Gasteiger partial charge in [-0.3, -0.25) is 4.57 Å². The minimum absolute atomic E-state index is 0.139. The standard InChI is InChI=1S/C9H13N3O4S/c10-5-1-2-12(9(17)11-5)8-7(15)6(14)4(3-13)16-8/h1-2,4,6-8,13-15H,3H2,(H2,10,11,17)/t4?,6-,7?,8?/m0/s1. The van der Waals surface area contributed by atoms with Gasteiger partial charge in [0.25, 0.3) is 0 Å².